The minimum Gasteiger partial charge on any atom is -0.480 e. The van der Waals surface area contributed by atoms with Crippen LogP contribution >= 0.6 is 0 Å². The Labute approximate surface area is 111 Å². The molecule has 0 saturated heterocycles. The minimum absolute atomic E-state index is 0.102. The van der Waals surface area contributed by atoms with Gasteiger partial charge in [-0.15, -0.1) is 6.42 Å². The predicted octanol–water partition coefficient (Wildman–Crippen LogP) is -0.630. The Morgan fingerprint density at radius 3 is 2.53 bits per heavy atom. The molecular weight excluding hydrogens is 250 g/mol. The largest absolute Gasteiger partial charge is 0.480 e. The van der Waals surface area contributed by atoms with Crippen molar-refractivity contribution in [1.82, 2.24) is 10.2 Å². The molecule has 0 aromatic carbocycles. The summed E-state index contributed by atoms with van der Waals surface area (Å²) in [6, 6.07) is -1.91. The van der Waals surface area contributed by atoms with Gasteiger partial charge in [0.25, 0.3) is 0 Å². The van der Waals surface area contributed by atoms with Crippen LogP contribution in [0.2, 0.25) is 0 Å². The van der Waals surface area contributed by atoms with Gasteiger partial charge in [0.2, 0.25) is 5.91 Å². The number of terminal acetylenes is 1. The molecule has 0 aromatic rings. The van der Waals surface area contributed by atoms with Crippen molar-refractivity contribution < 1.29 is 19.5 Å². The van der Waals surface area contributed by atoms with Crippen LogP contribution in [0.3, 0.4) is 0 Å². The molecule has 104 valence electrons. The van der Waals surface area contributed by atoms with E-state index in [9.17, 15) is 14.4 Å². The summed E-state index contributed by atoms with van der Waals surface area (Å²) in [4.78, 5) is 34.9. The number of hydrogen-bond donors (Lipinski definition) is 3. The zero-order valence-corrected chi connectivity index (χ0v) is 10.5. The first kappa shape index (κ1) is 14.8. The van der Waals surface area contributed by atoms with E-state index in [-0.39, 0.29) is 6.54 Å². The summed E-state index contributed by atoms with van der Waals surface area (Å²) >= 11 is 0. The molecule has 3 amide bonds. The van der Waals surface area contributed by atoms with Crippen LogP contribution in [0.25, 0.3) is 0 Å². The maximum Gasteiger partial charge on any atom is 0.326 e. The first-order valence-electron chi connectivity index (χ1n) is 5.94. The van der Waals surface area contributed by atoms with E-state index in [1.807, 2.05) is 0 Å². The molecule has 0 unspecified atom stereocenters. The molecule has 7 heteroatoms. The molecule has 1 saturated carbocycles. The van der Waals surface area contributed by atoms with Crippen molar-refractivity contribution in [2.45, 2.75) is 25.3 Å². The van der Waals surface area contributed by atoms with Gasteiger partial charge >= 0.3 is 12.0 Å². The predicted molar refractivity (Wildman–Crippen MR) is 66.9 cm³/mol. The highest BCUT2D eigenvalue weighted by atomic mass is 16.4. The highest BCUT2D eigenvalue weighted by Crippen LogP contribution is 2.29. The van der Waals surface area contributed by atoms with E-state index in [2.05, 4.69) is 11.2 Å². The number of nitrogens with one attached hydrogen (secondary N) is 1. The van der Waals surface area contributed by atoms with Gasteiger partial charge in [0, 0.05) is 6.54 Å². The van der Waals surface area contributed by atoms with Crippen molar-refractivity contribution in [2.24, 2.45) is 11.7 Å². The van der Waals surface area contributed by atoms with Crippen molar-refractivity contribution in [1.29, 1.82) is 0 Å². The van der Waals surface area contributed by atoms with Crippen molar-refractivity contribution in [3.63, 3.8) is 0 Å². The highest BCUT2D eigenvalue weighted by Gasteiger charge is 2.29. The lowest BCUT2D eigenvalue weighted by Crippen LogP contribution is -2.49. The number of carbonyl (C=O) groups excluding carboxylic acids is 2. The first-order valence-corrected chi connectivity index (χ1v) is 5.94. The molecule has 0 aliphatic heterocycles. The molecular formula is C12H17N3O4. The third-order valence-electron chi connectivity index (χ3n) is 2.75. The van der Waals surface area contributed by atoms with Crippen molar-refractivity contribution in [2.75, 3.05) is 13.1 Å². The fraction of sp³-hybridized carbons (Fsp3) is 0.583. The van der Waals surface area contributed by atoms with Crippen LogP contribution in [0.15, 0.2) is 0 Å². The van der Waals surface area contributed by atoms with E-state index >= 15 is 0 Å². The molecule has 1 aliphatic carbocycles. The quantitative estimate of drug-likeness (QED) is 0.533. The number of hydrogen-bond acceptors (Lipinski definition) is 3. The van der Waals surface area contributed by atoms with Crippen LogP contribution in [0, 0.1) is 18.3 Å². The molecule has 1 fully saturated rings. The number of rotatable bonds is 7. The maximum atomic E-state index is 11.9. The molecule has 1 rings (SSSR count). The number of carboxylic acids is 1. The van der Waals surface area contributed by atoms with Crippen LogP contribution in [0.4, 0.5) is 4.79 Å². The molecule has 0 spiro atoms. The molecule has 0 radical (unpaired) electrons. The van der Waals surface area contributed by atoms with E-state index in [1.54, 1.807) is 0 Å². The number of amides is 3. The summed E-state index contributed by atoms with van der Waals surface area (Å²) < 4.78 is 0. The van der Waals surface area contributed by atoms with Gasteiger partial charge in [-0.05, 0) is 18.8 Å². The van der Waals surface area contributed by atoms with Gasteiger partial charge in [0.15, 0.2) is 0 Å². The molecule has 7 nitrogen and oxygen atoms in total. The van der Waals surface area contributed by atoms with E-state index in [0.717, 1.165) is 12.8 Å². The number of carboxylic acid groups (broad SMARTS) is 1. The van der Waals surface area contributed by atoms with Gasteiger partial charge in [-0.1, -0.05) is 5.92 Å². The normalized spacial score (nSPS) is 15.1. The third-order valence-corrected chi connectivity index (χ3v) is 2.75. The average molecular weight is 267 g/mol. The second kappa shape index (κ2) is 6.64. The Morgan fingerprint density at radius 1 is 1.47 bits per heavy atom. The Bertz CT molecular complexity index is 412. The van der Waals surface area contributed by atoms with E-state index in [1.165, 1.54) is 4.90 Å². The van der Waals surface area contributed by atoms with Crippen LogP contribution < -0.4 is 11.1 Å². The number of carbonyl (C=O) groups is 3. The zero-order valence-electron chi connectivity index (χ0n) is 10.5. The monoisotopic (exact) mass is 267 g/mol. The Kier molecular flexibility index (Phi) is 5.18. The van der Waals surface area contributed by atoms with Gasteiger partial charge in [-0.2, -0.15) is 0 Å². The third kappa shape index (κ3) is 5.29. The standard InChI is InChI=1S/C12H17N3O4/c1-2-5-15(7-8-3-4-8)12(19)14-9(11(17)18)6-10(13)16/h1,8-9H,3-7H2,(H2,13,16)(H,14,19)(H,17,18)/t9-/m1/s1. The number of nitrogens with two attached hydrogens (primary N) is 1. The summed E-state index contributed by atoms with van der Waals surface area (Å²) in [7, 11) is 0. The Balaban J connectivity index is 2.58. The van der Waals surface area contributed by atoms with Crippen molar-refractivity contribution in [3.8, 4) is 12.3 Å². The van der Waals surface area contributed by atoms with Crippen molar-refractivity contribution >= 4 is 17.9 Å². The zero-order chi connectivity index (χ0) is 14.4. The summed E-state index contributed by atoms with van der Waals surface area (Å²) in [5.74, 6) is 0.681. The van der Waals surface area contributed by atoms with Crippen LogP contribution in [-0.2, 0) is 9.59 Å². The lowest BCUT2D eigenvalue weighted by atomic mass is 10.2. The summed E-state index contributed by atoms with van der Waals surface area (Å²) in [6.45, 7) is 0.601. The number of urea groups is 1. The molecule has 0 heterocycles. The smallest absolute Gasteiger partial charge is 0.326 e. The second-order valence-electron chi connectivity index (χ2n) is 4.54. The minimum atomic E-state index is -1.33. The molecule has 4 N–H and O–H groups in total. The highest BCUT2D eigenvalue weighted by molar-refractivity contribution is 5.87. The van der Waals surface area contributed by atoms with Gasteiger partial charge in [-0.3, -0.25) is 4.79 Å². The number of nitrogens with zero attached hydrogens (tertiary/aromatic N) is 1. The van der Waals surface area contributed by atoms with Crippen LogP contribution in [0.5, 0.6) is 0 Å². The lowest BCUT2D eigenvalue weighted by Gasteiger charge is -2.23. The topological polar surface area (TPSA) is 113 Å². The van der Waals surface area contributed by atoms with Crippen LogP contribution in [-0.4, -0.2) is 47.0 Å². The molecule has 19 heavy (non-hydrogen) atoms. The summed E-state index contributed by atoms with van der Waals surface area (Å²) in [6.07, 6.45) is 6.80. The molecule has 0 aromatic heterocycles. The number of primary amides is 1. The first-order chi connectivity index (χ1) is 8.93. The molecule has 0 bridgehead atoms. The fourth-order valence-electron chi connectivity index (χ4n) is 1.58. The molecule has 1 aliphatic rings. The van der Waals surface area contributed by atoms with Crippen molar-refractivity contribution in [3.05, 3.63) is 0 Å². The van der Waals surface area contributed by atoms with Gasteiger partial charge in [0.1, 0.15) is 6.04 Å². The Hall–Kier alpha value is -2.23. The summed E-state index contributed by atoms with van der Waals surface area (Å²) in [5.41, 5.74) is 4.93. The van der Waals surface area contributed by atoms with Gasteiger partial charge in [-0.25, -0.2) is 9.59 Å². The molecule has 1 atom stereocenters. The number of aliphatic carboxylic acids is 1. The van der Waals surface area contributed by atoms with E-state index < -0.39 is 30.4 Å². The van der Waals surface area contributed by atoms with Crippen LogP contribution in [0.1, 0.15) is 19.3 Å². The van der Waals surface area contributed by atoms with E-state index in [0.29, 0.717) is 12.5 Å². The van der Waals surface area contributed by atoms with Gasteiger partial charge in [0.05, 0.1) is 13.0 Å². The second-order valence-corrected chi connectivity index (χ2v) is 4.54. The van der Waals surface area contributed by atoms with Gasteiger partial charge < -0.3 is 21.1 Å². The Morgan fingerprint density at radius 2 is 2.11 bits per heavy atom. The SMILES string of the molecule is C#CCN(CC1CC1)C(=O)N[C@H](CC(N)=O)C(=O)O. The summed E-state index contributed by atoms with van der Waals surface area (Å²) in [5, 5.41) is 11.2. The fourth-order valence-corrected chi connectivity index (χ4v) is 1.58. The maximum absolute atomic E-state index is 11.9. The lowest BCUT2D eigenvalue weighted by molar-refractivity contribution is -0.140. The van der Waals surface area contributed by atoms with E-state index in [4.69, 9.17) is 17.3 Å². The average Bonchev–Trinajstić information content (AvgIpc) is 3.10.